The third kappa shape index (κ3) is 6.01. The highest BCUT2D eigenvalue weighted by atomic mass is 32.2. The molecule has 0 aliphatic heterocycles. The van der Waals surface area contributed by atoms with Gasteiger partial charge in [0.1, 0.15) is 24.1 Å². The first kappa shape index (κ1) is 29.9. The summed E-state index contributed by atoms with van der Waals surface area (Å²) >= 11 is 0. The Balaban J connectivity index is 1.91. The van der Waals surface area contributed by atoms with Crippen LogP contribution < -0.4 is 5.56 Å². The Kier molecular flexibility index (Phi) is 8.90. The number of sulfone groups is 1. The van der Waals surface area contributed by atoms with E-state index in [1.165, 1.54) is 44.4 Å². The van der Waals surface area contributed by atoms with Crippen LogP contribution in [0.5, 0.6) is 5.88 Å². The van der Waals surface area contributed by atoms with E-state index in [-0.39, 0.29) is 48.0 Å². The lowest BCUT2D eigenvalue weighted by molar-refractivity contribution is 0.114. The molecule has 1 N–H and O–H groups in total. The molecular formula is C28H26F3N3O6S. The van der Waals surface area contributed by atoms with Crippen molar-refractivity contribution in [1.29, 1.82) is 0 Å². The second-order valence-corrected chi connectivity index (χ2v) is 10.8. The maximum atomic E-state index is 15.2. The second kappa shape index (κ2) is 12.2. The van der Waals surface area contributed by atoms with Crippen LogP contribution in [0, 0.1) is 24.5 Å². The number of nitrogens with zero attached hydrogens (tertiary/aromatic N) is 3. The van der Waals surface area contributed by atoms with Crippen molar-refractivity contribution < 1.29 is 36.2 Å². The third-order valence-corrected chi connectivity index (χ3v) is 8.07. The molecular weight excluding hydrogens is 563 g/mol. The van der Waals surface area contributed by atoms with Gasteiger partial charge in [0.15, 0.2) is 4.90 Å². The van der Waals surface area contributed by atoms with Gasteiger partial charge in [-0.2, -0.15) is 9.37 Å². The van der Waals surface area contributed by atoms with E-state index in [0.717, 1.165) is 22.8 Å². The van der Waals surface area contributed by atoms with E-state index in [1.54, 1.807) is 6.92 Å². The first-order valence-electron chi connectivity index (χ1n) is 12.3. The minimum atomic E-state index is -4.85. The standard InChI is InChI=1S/C28H26F3N3O6S/c1-4-40-15-25-33-27(35)26(28(36)34(25)23(14-39-3)17-6-5-7-18(29)12-17)41(37,38)19-8-9-21(22(30)13-19)20-10-11-24(31)32-16(20)2/h5-13,23,36H,4,14-15H2,1-3H3. The first-order chi connectivity index (χ1) is 19.5. The molecule has 0 fully saturated rings. The Morgan fingerprint density at radius 2 is 1.76 bits per heavy atom. The van der Waals surface area contributed by atoms with E-state index in [9.17, 15) is 27.1 Å². The normalized spacial score (nSPS) is 12.4. The van der Waals surface area contributed by atoms with E-state index in [2.05, 4.69) is 9.97 Å². The van der Waals surface area contributed by atoms with E-state index in [1.807, 2.05) is 0 Å². The molecule has 0 amide bonds. The summed E-state index contributed by atoms with van der Waals surface area (Å²) in [7, 11) is -3.51. The predicted octanol–water partition coefficient (Wildman–Crippen LogP) is 4.34. The van der Waals surface area contributed by atoms with Crippen LogP contribution in [0.1, 0.15) is 30.0 Å². The number of rotatable bonds is 10. The number of hydrogen-bond acceptors (Lipinski definition) is 8. The summed E-state index contributed by atoms with van der Waals surface area (Å²) in [5.41, 5.74) is -0.653. The molecule has 4 aromatic rings. The maximum absolute atomic E-state index is 15.2. The van der Waals surface area contributed by atoms with Gasteiger partial charge >= 0.3 is 0 Å². The number of aromatic hydroxyl groups is 1. The van der Waals surface area contributed by atoms with Gasteiger partial charge in [0.05, 0.1) is 17.5 Å². The van der Waals surface area contributed by atoms with Gasteiger partial charge in [-0.15, -0.1) is 0 Å². The van der Waals surface area contributed by atoms with Crippen molar-refractivity contribution in [1.82, 2.24) is 14.5 Å². The van der Waals surface area contributed by atoms with Crippen LogP contribution >= 0.6 is 0 Å². The number of halogens is 3. The molecule has 0 saturated heterocycles. The van der Waals surface area contributed by atoms with Gasteiger partial charge in [-0.3, -0.25) is 9.36 Å². The zero-order chi connectivity index (χ0) is 29.9. The molecule has 41 heavy (non-hydrogen) atoms. The Hall–Kier alpha value is -4.07. The minimum absolute atomic E-state index is 0.0490. The van der Waals surface area contributed by atoms with Gasteiger partial charge in [0.2, 0.25) is 21.7 Å². The zero-order valence-corrected chi connectivity index (χ0v) is 23.1. The molecule has 0 spiro atoms. The smallest absolute Gasteiger partial charge is 0.296 e. The fourth-order valence-corrected chi connectivity index (χ4v) is 5.77. The van der Waals surface area contributed by atoms with Crippen molar-refractivity contribution in [3.8, 4) is 17.0 Å². The monoisotopic (exact) mass is 589 g/mol. The van der Waals surface area contributed by atoms with E-state index in [0.29, 0.717) is 6.07 Å². The molecule has 216 valence electrons. The summed E-state index contributed by atoms with van der Waals surface area (Å²) in [4.78, 5) is 18.9. The summed E-state index contributed by atoms with van der Waals surface area (Å²) in [6.45, 7) is 2.90. The van der Waals surface area contributed by atoms with Crippen molar-refractivity contribution in [3.05, 3.63) is 99.6 Å². The lowest BCUT2D eigenvalue weighted by Crippen LogP contribution is -2.29. The largest absolute Gasteiger partial charge is 0.493 e. The number of aryl methyl sites for hydroxylation is 1. The Morgan fingerprint density at radius 3 is 2.39 bits per heavy atom. The molecule has 2 aromatic carbocycles. The fraction of sp³-hybridized carbons (Fsp3) is 0.250. The van der Waals surface area contributed by atoms with Crippen molar-refractivity contribution in [2.75, 3.05) is 20.3 Å². The summed E-state index contributed by atoms with van der Waals surface area (Å²) < 4.78 is 81.8. The van der Waals surface area contributed by atoms with Gasteiger partial charge in [-0.25, -0.2) is 22.2 Å². The van der Waals surface area contributed by atoms with Crippen LogP contribution in [0.25, 0.3) is 11.1 Å². The van der Waals surface area contributed by atoms with Crippen LogP contribution in [-0.4, -0.2) is 48.4 Å². The molecule has 4 rings (SSSR count). The Bertz CT molecular complexity index is 1760. The molecule has 0 aliphatic carbocycles. The number of pyridine rings is 1. The number of methoxy groups -OCH3 is 1. The number of benzene rings is 2. The summed E-state index contributed by atoms with van der Waals surface area (Å²) in [6, 6.07) is 9.52. The van der Waals surface area contributed by atoms with Crippen molar-refractivity contribution in [2.24, 2.45) is 0 Å². The van der Waals surface area contributed by atoms with Crippen LogP contribution in [0.4, 0.5) is 13.2 Å². The van der Waals surface area contributed by atoms with Crippen LogP contribution in [0.3, 0.4) is 0 Å². The lowest BCUT2D eigenvalue weighted by atomic mass is 10.0. The highest BCUT2D eigenvalue weighted by molar-refractivity contribution is 7.91. The molecule has 13 heteroatoms. The number of hydrogen-bond donors (Lipinski definition) is 1. The van der Waals surface area contributed by atoms with E-state index >= 15 is 4.39 Å². The van der Waals surface area contributed by atoms with Crippen LogP contribution in [0.15, 0.2) is 69.2 Å². The first-order valence-corrected chi connectivity index (χ1v) is 13.8. The van der Waals surface area contributed by atoms with Gasteiger partial charge in [0, 0.05) is 30.5 Å². The van der Waals surface area contributed by atoms with Gasteiger partial charge in [-0.1, -0.05) is 18.2 Å². The summed E-state index contributed by atoms with van der Waals surface area (Å²) in [6.07, 6.45) is 0. The average Bonchev–Trinajstić information content (AvgIpc) is 2.91. The fourth-order valence-electron chi connectivity index (χ4n) is 4.41. The highest BCUT2D eigenvalue weighted by Gasteiger charge is 2.33. The van der Waals surface area contributed by atoms with E-state index < -0.39 is 54.7 Å². The van der Waals surface area contributed by atoms with Crippen LogP contribution in [-0.2, 0) is 25.9 Å². The van der Waals surface area contributed by atoms with E-state index in [4.69, 9.17) is 9.47 Å². The number of ether oxygens (including phenoxy) is 2. The molecule has 0 bridgehead atoms. The third-order valence-electron chi connectivity index (χ3n) is 6.30. The average molecular weight is 590 g/mol. The zero-order valence-electron chi connectivity index (χ0n) is 22.3. The van der Waals surface area contributed by atoms with Gasteiger partial charge < -0.3 is 14.6 Å². The molecule has 9 nitrogen and oxygen atoms in total. The minimum Gasteiger partial charge on any atom is -0.493 e. The van der Waals surface area contributed by atoms with Crippen molar-refractivity contribution >= 4 is 9.84 Å². The molecule has 0 saturated carbocycles. The number of aromatic nitrogens is 3. The summed E-state index contributed by atoms with van der Waals surface area (Å²) in [5.74, 6) is -3.49. The highest BCUT2D eigenvalue weighted by Crippen LogP contribution is 2.34. The molecule has 0 radical (unpaired) electrons. The molecule has 0 aliphatic rings. The SMILES string of the molecule is CCOCc1nc(=O)c(S(=O)(=O)c2ccc(-c3ccc(F)nc3C)c(F)c2)c(O)n1C(COC)c1cccc(F)c1. The Labute approximate surface area is 233 Å². The second-order valence-electron chi connectivity index (χ2n) is 8.93. The lowest BCUT2D eigenvalue weighted by Gasteiger charge is -2.25. The van der Waals surface area contributed by atoms with Gasteiger partial charge in [-0.05, 0) is 55.8 Å². The Morgan fingerprint density at radius 1 is 1.02 bits per heavy atom. The topological polar surface area (TPSA) is 121 Å². The predicted molar refractivity (Wildman–Crippen MR) is 142 cm³/mol. The molecule has 2 aromatic heterocycles. The molecule has 1 atom stereocenters. The quantitative estimate of drug-likeness (QED) is 0.271. The molecule has 1 unspecified atom stereocenters. The van der Waals surface area contributed by atoms with Crippen LogP contribution in [0.2, 0.25) is 0 Å². The maximum Gasteiger partial charge on any atom is 0.296 e. The summed E-state index contributed by atoms with van der Waals surface area (Å²) in [5, 5.41) is 11.3. The molecule has 2 heterocycles. The van der Waals surface area contributed by atoms with Gasteiger partial charge in [0.25, 0.3) is 5.56 Å². The van der Waals surface area contributed by atoms with Crippen molar-refractivity contribution in [3.63, 3.8) is 0 Å². The van der Waals surface area contributed by atoms with Crippen molar-refractivity contribution in [2.45, 2.75) is 36.3 Å².